The van der Waals surface area contributed by atoms with E-state index in [1.165, 1.54) is 0 Å². The van der Waals surface area contributed by atoms with Gasteiger partial charge >= 0.3 is 6.03 Å². The first-order valence-corrected chi connectivity index (χ1v) is 13.9. The number of nitrogens with zero attached hydrogens (tertiary/aromatic N) is 7. The second kappa shape index (κ2) is 9.67. The number of piperidine rings is 1. The molecule has 0 aliphatic carbocycles. The van der Waals surface area contributed by atoms with Crippen LogP contribution in [0.25, 0.3) is 39.1 Å². The number of aromatic nitrogens is 5. The van der Waals surface area contributed by atoms with E-state index in [-0.39, 0.29) is 11.6 Å². The summed E-state index contributed by atoms with van der Waals surface area (Å²) >= 11 is 0. The molecule has 11 nitrogen and oxygen atoms in total. The number of rotatable bonds is 3. The molecule has 0 saturated carbocycles. The number of nitrogens with one attached hydrogen (secondary N) is 2. The molecule has 0 bridgehead atoms. The number of aromatic amines is 2. The lowest BCUT2D eigenvalue weighted by molar-refractivity contribution is 0.117. The molecule has 7 rings (SSSR count). The van der Waals surface area contributed by atoms with E-state index in [0.717, 1.165) is 53.6 Å². The molecule has 2 amide bonds. The van der Waals surface area contributed by atoms with E-state index in [2.05, 4.69) is 44.8 Å². The van der Waals surface area contributed by atoms with E-state index in [1.54, 1.807) is 6.20 Å². The molecule has 6 heterocycles. The Morgan fingerprint density at radius 3 is 2.71 bits per heavy atom. The summed E-state index contributed by atoms with van der Waals surface area (Å²) in [6, 6.07) is 12.3. The van der Waals surface area contributed by atoms with Crippen molar-refractivity contribution in [3.8, 4) is 28.6 Å². The monoisotopic (exact) mass is 549 g/mol. The van der Waals surface area contributed by atoms with Crippen molar-refractivity contribution < 1.29 is 4.79 Å². The maximum absolute atomic E-state index is 13.6. The van der Waals surface area contributed by atoms with Crippen molar-refractivity contribution in [1.29, 1.82) is 5.26 Å². The maximum atomic E-state index is 13.6. The third kappa shape index (κ3) is 4.10. The Hall–Kier alpha value is -4.82. The number of pyridine rings is 1. The Balaban J connectivity index is 1.28. The number of carbonyl (C=O) groups excluding carboxylic acids is 1. The first-order valence-electron chi connectivity index (χ1n) is 13.9. The number of carbonyl (C=O) groups is 1. The zero-order chi connectivity index (χ0) is 28.2. The van der Waals surface area contributed by atoms with Gasteiger partial charge in [-0.05, 0) is 56.8 Å². The molecule has 4 aromatic heterocycles. The van der Waals surface area contributed by atoms with Crippen molar-refractivity contribution in [3.63, 3.8) is 0 Å². The fourth-order valence-electron chi connectivity index (χ4n) is 6.46. The SMILES string of the molecule is CN(C)C1CCN(C(=O)N2CCn3cc(-c4[nH][nH]c(=O)c4-c4cnc5ccccn45)c4cc(C#N)cc(c43)C2)CC1. The number of H-pyrrole nitrogens is 2. The first-order chi connectivity index (χ1) is 19.9. The number of likely N-dealkylation sites (tertiary alicyclic amines) is 1. The molecule has 2 N–H and O–H groups in total. The molecule has 0 unspecified atom stereocenters. The summed E-state index contributed by atoms with van der Waals surface area (Å²) in [6.07, 6.45) is 7.55. The lowest BCUT2D eigenvalue weighted by Crippen LogP contribution is -2.49. The van der Waals surface area contributed by atoms with Crippen LogP contribution in [0.4, 0.5) is 4.79 Å². The molecule has 1 aromatic carbocycles. The van der Waals surface area contributed by atoms with Gasteiger partial charge in [0, 0.05) is 62.1 Å². The second-order valence-corrected chi connectivity index (χ2v) is 11.2. The Morgan fingerprint density at radius 2 is 1.93 bits per heavy atom. The Labute approximate surface area is 236 Å². The van der Waals surface area contributed by atoms with Gasteiger partial charge in [-0.3, -0.25) is 19.4 Å². The molecule has 0 atom stereocenters. The minimum atomic E-state index is -0.245. The molecule has 2 aliphatic heterocycles. The topological polar surface area (TPSA) is 121 Å². The lowest BCUT2D eigenvalue weighted by Gasteiger charge is -2.37. The van der Waals surface area contributed by atoms with Gasteiger partial charge in [0.15, 0.2) is 0 Å². The molecule has 41 heavy (non-hydrogen) atoms. The Bertz CT molecular complexity index is 1890. The standard InChI is InChI=1S/C30H31N9O2/c1-35(2)21-6-9-36(10-7-21)30(41)38-12-11-37-18-23(22-14-19(15-31)13-20(17-38)28(22)37)27-26(29(40)34-33-27)24-16-32-25-5-3-4-8-39(24)25/h3-5,8,13-14,16,18,21H,6-7,9-12,17H2,1-2H3,(H2,33,34,40). The fraction of sp³-hybridized carbons (Fsp3) is 0.333. The summed E-state index contributed by atoms with van der Waals surface area (Å²) in [7, 11) is 4.19. The molecular formula is C30H31N9O2. The van der Waals surface area contributed by atoms with Gasteiger partial charge in [-0.15, -0.1) is 0 Å². The molecule has 1 saturated heterocycles. The van der Waals surface area contributed by atoms with Crippen LogP contribution in [0, 0.1) is 11.3 Å². The molecule has 0 radical (unpaired) electrons. The van der Waals surface area contributed by atoms with Crippen molar-refractivity contribution in [2.24, 2.45) is 0 Å². The van der Waals surface area contributed by atoms with Gasteiger partial charge in [0.2, 0.25) is 0 Å². The number of hydrogen-bond acceptors (Lipinski definition) is 5. The number of fused-ring (bicyclic) bond motifs is 1. The third-order valence-electron chi connectivity index (χ3n) is 8.61. The molecule has 1 fully saturated rings. The highest BCUT2D eigenvalue weighted by atomic mass is 16.2. The summed E-state index contributed by atoms with van der Waals surface area (Å²) in [5.41, 5.74) is 5.55. The van der Waals surface area contributed by atoms with Crippen LogP contribution in [0.1, 0.15) is 24.0 Å². The average Bonchev–Trinajstić information content (AvgIpc) is 3.65. The fourth-order valence-corrected chi connectivity index (χ4v) is 6.46. The van der Waals surface area contributed by atoms with Crippen molar-refractivity contribution in [2.45, 2.75) is 32.0 Å². The second-order valence-electron chi connectivity index (χ2n) is 11.2. The Kier molecular flexibility index (Phi) is 5.94. The smallest absolute Gasteiger partial charge is 0.320 e. The predicted molar refractivity (Wildman–Crippen MR) is 155 cm³/mol. The first kappa shape index (κ1) is 25.2. The van der Waals surface area contributed by atoms with Gasteiger partial charge in [-0.25, -0.2) is 9.78 Å². The molecule has 11 heteroatoms. The van der Waals surface area contributed by atoms with Gasteiger partial charge in [0.1, 0.15) is 5.65 Å². The summed E-state index contributed by atoms with van der Waals surface area (Å²) in [5.74, 6) is 0. The van der Waals surface area contributed by atoms with Gasteiger partial charge in [-0.1, -0.05) is 6.07 Å². The summed E-state index contributed by atoms with van der Waals surface area (Å²) in [6.45, 7) is 3.07. The molecule has 5 aromatic rings. The number of nitriles is 1. The molecule has 0 spiro atoms. The third-order valence-corrected chi connectivity index (χ3v) is 8.61. The van der Waals surface area contributed by atoms with Gasteiger partial charge in [-0.2, -0.15) is 5.26 Å². The zero-order valence-corrected chi connectivity index (χ0v) is 23.1. The van der Waals surface area contributed by atoms with Crippen LogP contribution in [-0.2, 0) is 13.1 Å². The van der Waals surface area contributed by atoms with E-state index in [9.17, 15) is 14.9 Å². The van der Waals surface area contributed by atoms with Gasteiger partial charge in [0.25, 0.3) is 5.56 Å². The molecule has 208 valence electrons. The van der Waals surface area contributed by atoms with E-state index in [0.29, 0.717) is 48.2 Å². The van der Waals surface area contributed by atoms with Crippen LogP contribution < -0.4 is 5.56 Å². The average molecular weight is 550 g/mol. The number of imidazole rings is 1. The van der Waals surface area contributed by atoms with E-state index in [4.69, 9.17) is 0 Å². The van der Waals surface area contributed by atoms with Crippen LogP contribution in [0.5, 0.6) is 0 Å². The lowest BCUT2D eigenvalue weighted by atomic mass is 10.0. The number of amides is 2. The van der Waals surface area contributed by atoms with Crippen molar-refractivity contribution in [3.05, 3.63) is 70.4 Å². The zero-order valence-electron chi connectivity index (χ0n) is 23.1. The van der Waals surface area contributed by atoms with Gasteiger partial charge < -0.3 is 19.3 Å². The van der Waals surface area contributed by atoms with E-state index < -0.39 is 0 Å². The molecular weight excluding hydrogens is 518 g/mol. The number of benzene rings is 1. The minimum absolute atomic E-state index is 0.0496. The normalized spacial score (nSPS) is 16.0. The highest BCUT2D eigenvalue weighted by molar-refractivity contribution is 6.01. The number of hydrogen-bond donors (Lipinski definition) is 2. The van der Waals surface area contributed by atoms with Gasteiger partial charge in [0.05, 0.1) is 40.3 Å². The van der Waals surface area contributed by atoms with Crippen LogP contribution in [-0.4, -0.2) is 84.7 Å². The summed E-state index contributed by atoms with van der Waals surface area (Å²) in [5, 5.41) is 16.7. The van der Waals surface area contributed by atoms with E-state index >= 15 is 0 Å². The Morgan fingerprint density at radius 1 is 1.10 bits per heavy atom. The summed E-state index contributed by atoms with van der Waals surface area (Å²) < 4.78 is 4.04. The minimum Gasteiger partial charge on any atom is -0.345 e. The largest absolute Gasteiger partial charge is 0.345 e. The van der Waals surface area contributed by atoms with E-state index in [1.807, 2.05) is 56.9 Å². The van der Waals surface area contributed by atoms with Crippen LogP contribution >= 0.6 is 0 Å². The van der Waals surface area contributed by atoms with Crippen LogP contribution in [0.3, 0.4) is 0 Å². The summed E-state index contributed by atoms with van der Waals surface area (Å²) in [4.78, 5) is 37.3. The van der Waals surface area contributed by atoms with Crippen LogP contribution in [0.15, 0.2) is 53.7 Å². The molecule has 2 aliphatic rings. The highest BCUT2D eigenvalue weighted by Crippen LogP contribution is 2.38. The highest BCUT2D eigenvalue weighted by Gasteiger charge is 2.30. The van der Waals surface area contributed by atoms with Crippen LogP contribution in [0.2, 0.25) is 0 Å². The van der Waals surface area contributed by atoms with Crippen molar-refractivity contribution in [2.75, 3.05) is 33.7 Å². The predicted octanol–water partition coefficient (Wildman–Crippen LogP) is 3.47. The quantitative estimate of drug-likeness (QED) is 0.357. The van der Waals surface area contributed by atoms with Crippen molar-refractivity contribution >= 4 is 22.6 Å². The maximum Gasteiger partial charge on any atom is 0.320 e. The number of urea groups is 1. The van der Waals surface area contributed by atoms with Crippen molar-refractivity contribution in [1.82, 2.24) is 38.8 Å².